The van der Waals surface area contributed by atoms with Crippen LogP contribution in [0.1, 0.15) is 11.4 Å². The van der Waals surface area contributed by atoms with Gasteiger partial charge in [0.15, 0.2) is 0 Å². The molecule has 0 bridgehead atoms. The predicted molar refractivity (Wildman–Crippen MR) is 68.1 cm³/mol. The van der Waals surface area contributed by atoms with Gasteiger partial charge in [0, 0.05) is 31.2 Å². The number of nitrogens with one attached hydrogen (secondary N) is 1. The zero-order valence-corrected chi connectivity index (χ0v) is 11.0. The zero-order chi connectivity index (χ0) is 11.5. The maximum Gasteiger partial charge on any atom is 0.127 e. The molecular formula is C10H11Cl2N3S. The lowest BCUT2D eigenvalue weighted by atomic mass is 10.4. The van der Waals surface area contributed by atoms with Crippen LogP contribution in [0, 0.1) is 0 Å². The summed E-state index contributed by atoms with van der Waals surface area (Å²) in [6, 6.07) is 1.87. The highest BCUT2D eigenvalue weighted by molar-refractivity contribution is 7.07. The Balaban J connectivity index is 1.92. The Morgan fingerprint density at radius 1 is 1.44 bits per heavy atom. The second-order valence-electron chi connectivity index (χ2n) is 3.42. The molecule has 2 aromatic rings. The molecule has 0 aromatic carbocycles. The van der Waals surface area contributed by atoms with Crippen LogP contribution < -0.4 is 5.32 Å². The van der Waals surface area contributed by atoms with Crippen LogP contribution in [0.3, 0.4) is 0 Å². The molecule has 0 saturated carbocycles. The molecule has 0 radical (unpaired) electrons. The van der Waals surface area contributed by atoms with Crippen molar-refractivity contribution < 1.29 is 0 Å². The summed E-state index contributed by atoms with van der Waals surface area (Å²) in [6.07, 6.45) is 0. The second-order valence-corrected chi connectivity index (χ2v) is 4.90. The molecule has 0 aliphatic heterocycles. The summed E-state index contributed by atoms with van der Waals surface area (Å²) in [5.74, 6) is 0. The van der Waals surface area contributed by atoms with E-state index in [0.29, 0.717) is 10.2 Å². The van der Waals surface area contributed by atoms with Gasteiger partial charge in [-0.3, -0.25) is 0 Å². The minimum absolute atomic E-state index is 0.576. The number of nitrogens with zero attached hydrogens (tertiary/aromatic N) is 2. The molecule has 2 heterocycles. The van der Waals surface area contributed by atoms with E-state index in [1.807, 2.05) is 28.6 Å². The number of halogens is 2. The molecule has 3 nitrogen and oxygen atoms in total. The Kier molecular flexibility index (Phi) is 3.86. The van der Waals surface area contributed by atoms with Gasteiger partial charge in [0.25, 0.3) is 0 Å². The minimum atomic E-state index is 0.576. The van der Waals surface area contributed by atoms with Gasteiger partial charge in [-0.1, -0.05) is 23.2 Å². The fourth-order valence-electron chi connectivity index (χ4n) is 1.40. The van der Waals surface area contributed by atoms with E-state index in [2.05, 4.69) is 10.3 Å². The monoisotopic (exact) mass is 275 g/mol. The molecule has 0 aliphatic rings. The number of hydrogen-bond donors (Lipinski definition) is 1. The Morgan fingerprint density at radius 3 is 2.81 bits per heavy atom. The van der Waals surface area contributed by atoms with E-state index in [1.165, 1.54) is 0 Å². The zero-order valence-electron chi connectivity index (χ0n) is 8.70. The maximum absolute atomic E-state index is 5.97. The highest BCUT2D eigenvalue weighted by Gasteiger charge is 2.08. The van der Waals surface area contributed by atoms with E-state index in [-0.39, 0.29) is 0 Å². The molecule has 16 heavy (non-hydrogen) atoms. The lowest BCUT2D eigenvalue weighted by molar-refractivity contribution is 0.648. The largest absolute Gasteiger partial charge is 0.336 e. The number of hydrogen-bond acceptors (Lipinski definition) is 3. The topological polar surface area (TPSA) is 29.9 Å². The van der Waals surface area contributed by atoms with Crippen molar-refractivity contribution in [3.63, 3.8) is 0 Å². The van der Waals surface area contributed by atoms with Crippen LogP contribution in [0.25, 0.3) is 0 Å². The first-order chi connectivity index (χ1) is 7.68. The molecule has 0 spiro atoms. The fraction of sp³-hybridized carbons (Fsp3) is 0.300. The fourth-order valence-corrected chi connectivity index (χ4v) is 2.38. The molecule has 0 unspecified atom stereocenters. The third kappa shape index (κ3) is 2.58. The third-order valence-corrected chi connectivity index (χ3v) is 3.79. The second kappa shape index (κ2) is 5.19. The van der Waals surface area contributed by atoms with E-state index in [1.54, 1.807) is 11.3 Å². The first kappa shape index (κ1) is 11.9. The summed E-state index contributed by atoms with van der Waals surface area (Å²) in [7, 11) is 1.90. The van der Waals surface area contributed by atoms with Crippen LogP contribution in [0.4, 0.5) is 0 Å². The Labute approximate surface area is 108 Å². The van der Waals surface area contributed by atoms with Crippen LogP contribution >= 0.6 is 34.5 Å². The van der Waals surface area contributed by atoms with Gasteiger partial charge in [0.05, 0.1) is 16.2 Å². The Hall–Kier alpha value is -0.550. The number of aromatic nitrogens is 2. The molecule has 0 saturated heterocycles. The molecule has 86 valence electrons. The van der Waals surface area contributed by atoms with Crippen LogP contribution in [0.2, 0.25) is 10.2 Å². The van der Waals surface area contributed by atoms with E-state index in [9.17, 15) is 0 Å². The maximum atomic E-state index is 5.97. The van der Waals surface area contributed by atoms with Gasteiger partial charge in [0.2, 0.25) is 0 Å². The molecule has 0 atom stereocenters. The van der Waals surface area contributed by atoms with Crippen molar-refractivity contribution in [3.05, 3.63) is 38.5 Å². The van der Waals surface area contributed by atoms with Crippen molar-refractivity contribution in [1.29, 1.82) is 0 Å². The summed E-state index contributed by atoms with van der Waals surface area (Å²) in [5, 5.41) is 6.49. The van der Waals surface area contributed by atoms with Crippen LogP contribution in [0.15, 0.2) is 17.0 Å². The van der Waals surface area contributed by atoms with Crippen molar-refractivity contribution in [2.24, 2.45) is 7.05 Å². The van der Waals surface area contributed by atoms with Crippen LogP contribution in [0.5, 0.6) is 0 Å². The lowest BCUT2D eigenvalue weighted by Crippen LogP contribution is -2.15. The van der Waals surface area contributed by atoms with Crippen LogP contribution in [-0.2, 0) is 20.1 Å². The number of thiazole rings is 1. The SMILES string of the molecule is Cn1c(CNCc2cscn2)cc(Cl)c1Cl. The quantitative estimate of drug-likeness (QED) is 0.930. The highest BCUT2D eigenvalue weighted by Crippen LogP contribution is 2.24. The van der Waals surface area contributed by atoms with Gasteiger partial charge in [-0.05, 0) is 6.07 Å². The van der Waals surface area contributed by atoms with Crippen LogP contribution in [-0.4, -0.2) is 9.55 Å². The minimum Gasteiger partial charge on any atom is -0.336 e. The predicted octanol–water partition coefficient (Wildman–Crippen LogP) is 3.08. The summed E-state index contributed by atoms with van der Waals surface area (Å²) < 4.78 is 1.87. The molecule has 2 rings (SSSR count). The molecule has 6 heteroatoms. The van der Waals surface area contributed by atoms with E-state index >= 15 is 0 Å². The van der Waals surface area contributed by atoms with Crippen molar-refractivity contribution in [1.82, 2.24) is 14.9 Å². The standard InChI is InChI=1S/C10H11Cl2N3S/c1-15-8(2-9(11)10(15)12)4-13-3-7-5-16-6-14-7/h2,5-6,13H,3-4H2,1H3. The summed E-state index contributed by atoms with van der Waals surface area (Å²) in [6.45, 7) is 1.48. The van der Waals surface area contributed by atoms with Crippen molar-refractivity contribution in [2.45, 2.75) is 13.1 Å². The molecule has 0 aliphatic carbocycles. The van der Waals surface area contributed by atoms with E-state index in [0.717, 1.165) is 24.5 Å². The Morgan fingerprint density at radius 2 is 2.25 bits per heavy atom. The molecule has 2 aromatic heterocycles. The average Bonchev–Trinajstić information content (AvgIpc) is 2.85. The van der Waals surface area contributed by atoms with Gasteiger partial charge in [-0.25, -0.2) is 4.98 Å². The summed E-state index contributed by atoms with van der Waals surface area (Å²) in [5.41, 5.74) is 3.94. The van der Waals surface area contributed by atoms with Crippen molar-refractivity contribution >= 4 is 34.5 Å². The molecule has 0 fully saturated rings. The van der Waals surface area contributed by atoms with Gasteiger partial charge in [-0.2, -0.15) is 0 Å². The number of rotatable bonds is 4. The first-order valence-corrected chi connectivity index (χ1v) is 6.45. The summed E-state index contributed by atoms with van der Waals surface area (Å²) in [4.78, 5) is 4.19. The van der Waals surface area contributed by atoms with Gasteiger partial charge in [0.1, 0.15) is 5.15 Å². The molecule has 0 amide bonds. The average molecular weight is 276 g/mol. The lowest BCUT2D eigenvalue weighted by Gasteiger charge is -2.04. The Bertz CT molecular complexity index is 465. The third-order valence-electron chi connectivity index (χ3n) is 2.31. The normalized spacial score (nSPS) is 10.9. The van der Waals surface area contributed by atoms with Gasteiger partial charge in [-0.15, -0.1) is 11.3 Å². The highest BCUT2D eigenvalue weighted by atomic mass is 35.5. The molecule has 1 N–H and O–H groups in total. The van der Waals surface area contributed by atoms with E-state index < -0.39 is 0 Å². The van der Waals surface area contributed by atoms with Gasteiger partial charge >= 0.3 is 0 Å². The smallest absolute Gasteiger partial charge is 0.127 e. The van der Waals surface area contributed by atoms with Crippen molar-refractivity contribution in [2.75, 3.05) is 0 Å². The first-order valence-electron chi connectivity index (χ1n) is 4.76. The molecular weight excluding hydrogens is 265 g/mol. The van der Waals surface area contributed by atoms with Crippen molar-refractivity contribution in [3.8, 4) is 0 Å². The van der Waals surface area contributed by atoms with Gasteiger partial charge < -0.3 is 9.88 Å². The van der Waals surface area contributed by atoms with E-state index in [4.69, 9.17) is 23.2 Å². The summed E-state index contributed by atoms with van der Waals surface area (Å²) >= 11 is 13.5.